The largest absolute Gasteiger partial charge is 0.390 e. The van der Waals surface area contributed by atoms with Gasteiger partial charge in [0.25, 0.3) is 0 Å². The number of ketones is 1. The van der Waals surface area contributed by atoms with Gasteiger partial charge in [0.05, 0.1) is 5.60 Å². The molecule has 1 aliphatic carbocycles. The van der Waals surface area contributed by atoms with Crippen LogP contribution >= 0.6 is 0 Å². The first-order valence-electron chi connectivity index (χ1n) is 7.04. The van der Waals surface area contributed by atoms with Crippen LogP contribution in [0.3, 0.4) is 0 Å². The van der Waals surface area contributed by atoms with Crippen LogP contribution in [0.5, 0.6) is 0 Å². The van der Waals surface area contributed by atoms with E-state index in [4.69, 9.17) is 0 Å². The highest BCUT2D eigenvalue weighted by Crippen LogP contribution is 2.43. The zero-order chi connectivity index (χ0) is 13.1. The van der Waals surface area contributed by atoms with Crippen LogP contribution in [0.1, 0.15) is 72.6 Å². The highest BCUT2D eigenvalue weighted by Gasteiger charge is 2.40. The molecule has 1 rings (SSSR count). The van der Waals surface area contributed by atoms with Gasteiger partial charge in [0.15, 0.2) is 0 Å². The Kier molecular flexibility index (Phi) is 4.77. The maximum absolute atomic E-state index is 12.5. The second-order valence-corrected chi connectivity index (χ2v) is 6.67. The number of hydrogen-bond donors (Lipinski definition) is 1. The quantitative estimate of drug-likeness (QED) is 0.795. The van der Waals surface area contributed by atoms with Crippen molar-refractivity contribution < 1.29 is 9.90 Å². The number of Topliss-reactive ketones (excluding diaryl/α,β-unsaturated/α-hetero) is 1. The smallest absolute Gasteiger partial charge is 0.141 e. The topological polar surface area (TPSA) is 37.3 Å². The van der Waals surface area contributed by atoms with Crippen molar-refractivity contribution in [1.82, 2.24) is 0 Å². The summed E-state index contributed by atoms with van der Waals surface area (Å²) in [5, 5.41) is 9.87. The summed E-state index contributed by atoms with van der Waals surface area (Å²) in [4.78, 5) is 12.5. The molecule has 100 valence electrons. The number of carbonyl (C=O) groups excluding carboxylic acids is 1. The fourth-order valence-corrected chi connectivity index (χ4v) is 3.01. The average Bonchev–Trinajstić information content (AvgIpc) is 2.25. The molecule has 1 aliphatic rings. The van der Waals surface area contributed by atoms with E-state index in [0.29, 0.717) is 5.78 Å². The van der Waals surface area contributed by atoms with E-state index in [0.717, 1.165) is 25.7 Å². The molecular formula is C15H28O2. The predicted molar refractivity (Wildman–Crippen MR) is 70.9 cm³/mol. The molecule has 1 N–H and O–H groups in total. The van der Waals surface area contributed by atoms with Crippen molar-refractivity contribution in [2.24, 2.45) is 11.3 Å². The van der Waals surface area contributed by atoms with Crippen LogP contribution in [0.2, 0.25) is 0 Å². The summed E-state index contributed by atoms with van der Waals surface area (Å²) >= 11 is 0. The Morgan fingerprint density at radius 2 is 1.76 bits per heavy atom. The first-order valence-corrected chi connectivity index (χ1v) is 7.04. The van der Waals surface area contributed by atoms with Gasteiger partial charge < -0.3 is 5.11 Å². The van der Waals surface area contributed by atoms with E-state index >= 15 is 0 Å². The van der Waals surface area contributed by atoms with E-state index in [1.807, 2.05) is 27.7 Å². The van der Waals surface area contributed by atoms with E-state index in [1.165, 1.54) is 19.3 Å². The van der Waals surface area contributed by atoms with Crippen LogP contribution in [0, 0.1) is 11.3 Å². The second-order valence-electron chi connectivity index (χ2n) is 6.67. The van der Waals surface area contributed by atoms with E-state index in [9.17, 15) is 9.90 Å². The standard InChI is InChI=1S/C15H28O2/c1-12(2)13(16)15(8-6-5-7-9-15)11-10-14(3,4)17/h12,17H,5-11H2,1-4H3. The third-order valence-electron chi connectivity index (χ3n) is 4.07. The summed E-state index contributed by atoms with van der Waals surface area (Å²) < 4.78 is 0. The van der Waals surface area contributed by atoms with Gasteiger partial charge >= 0.3 is 0 Å². The Labute approximate surface area is 106 Å². The molecule has 0 spiro atoms. The molecule has 1 saturated carbocycles. The van der Waals surface area contributed by atoms with Crippen molar-refractivity contribution in [2.45, 2.75) is 78.2 Å². The van der Waals surface area contributed by atoms with Gasteiger partial charge in [-0.05, 0) is 39.5 Å². The monoisotopic (exact) mass is 240 g/mol. The summed E-state index contributed by atoms with van der Waals surface area (Å²) in [5.41, 5.74) is -0.784. The highest BCUT2D eigenvalue weighted by molar-refractivity contribution is 5.86. The molecule has 0 unspecified atom stereocenters. The molecule has 17 heavy (non-hydrogen) atoms. The second kappa shape index (κ2) is 5.51. The SMILES string of the molecule is CC(C)C(=O)C1(CCC(C)(C)O)CCCCC1. The fourth-order valence-electron chi connectivity index (χ4n) is 3.01. The predicted octanol–water partition coefficient (Wildman–Crippen LogP) is 3.71. The Morgan fingerprint density at radius 1 is 1.24 bits per heavy atom. The molecule has 0 amide bonds. The van der Waals surface area contributed by atoms with E-state index in [-0.39, 0.29) is 11.3 Å². The van der Waals surface area contributed by atoms with Gasteiger partial charge in [-0.3, -0.25) is 4.79 Å². The van der Waals surface area contributed by atoms with Gasteiger partial charge in [-0.15, -0.1) is 0 Å². The molecule has 0 saturated heterocycles. The number of rotatable bonds is 5. The highest BCUT2D eigenvalue weighted by atomic mass is 16.3. The third-order valence-corrected chi connectivity index (χ3v) is 4.07. The van der Waals surface area contributed by atoms with Crippen molar-refractivity contribution in [1.29, 1.82) is 0 Å². The zero-order valence-corrected chi connectivity index (χ0v) is 11.9. The van der Waals surface area contributed by atoms with Gasteiger partial charge in [0.1, 0.15) is 5.78 Å². The number of aliphatic hydroxyl groups is 1. The Morgan fingerprint density at radius 3 is 2.18 bits per heavy atom. The Bertz CT molecular complexity index is 255. The first kappa shape index (κ1) is 14.7. The summed E-state index contributed by atoms with van der Waals surface area (Å²) in [7, 11) is 0. The summed E-state index contributed by atoms with van der Waals surface area (Å²) in [6, 6.07) is 0. The van der Waals surface area contributed by atoms with Crippen LogP contribution in [-0.4, -0.2) is 16.5 Å². The lowest BCUT2D eigenvalue weighted by Crippen LogP contribution is -2.38. The minimum atomic E-state index is -0.651. The third kappa shape index (κ3) is 4.09. The zero-order valence-electron chi connectivity index (χ0n) is 11.9. The molecule has 0 heterocycles. The summed E-state index contributed by atoms with van der Waals surface area (Å²) in [6.07, 6.45) is 7.24. The van der Waals surface area contributed by atoms with E-state index in [2.05, 4.69) is 0 Å². The van der Waals surface area contributed by atoms with Crippen molar-refractivity contribution in [3.8, 4) is 0 Å². The molecule has 0 bridgehead atoms. The van der Waals surface area contributed by atoms with E-state index in [1.54, 1.807) is 0 Å². The lowest BCUT2D eigenvalue weighted by Gasteiger charge is -2.38. The maximum atomic E-state index is 12.5. The maximum Gasteiger partial charge on any atom is 0.141 e. The van der Waals surface area contributed by atoms with E-state index < -0.39 is 5.60 Å². The molecular weight excluding hydrogens is 212 g/mol. The Balaban J connectivity index is 2.75. The molecule has 1 fully saturated rings. The average molecular weight is 240 g/mol. The van der Waals surface area contributed by atoms with Crippen LogP contribution in [-0.2, 0) is 4.79 Å². The first-order chi connectivity index (χ1) is 7.77. The summed E-state index contributed by atoms with van der Waals surface area (Å²) in [6.45, 7) is 7.68. The van der Waals surface area contributed by atoms with Gasteiger partial charge in [-0.2, -0.15) is 0 Å². The summed E-state index contributed by atoms with van der Waals surface area (Å²) in [5.74, 6) is 0.538. The van der Waals surface area contributed by atoms with Crippen molar-refractivity contribution in [2.75, 3.05) is 0 Å². The fraction of sp³-hybridized carbons (Fsp3) is 0.933. The van der Waals surface area contributed by atoms with Crippen molar-refractivity contribution in [3.05, 3.63) is 0 Å². The molecule has 2 nitrogen and oxygen atoms in total. The molecule has 0 atom stereocenters. The minimum absolute atomic E-state index is 0.120. The van der Waals surface area contributed by atoms with Crippen LogP contribution in [0.4, 0.5) is 0 Å². The molecule has 0 radical (unpaired) electrons. The lowest BCUT2D eigenvalue weighted by molar-refractivity contribution is -0.135. The normalized spacial score (nSPS) is 20.6. The molecule has 0 aromatic carbocycles. The van der Waals surface area contributed by atoms with Crippen LogP contribution in [0.25, 0.3) is 0 Å². The van der Waals surface area contributed by atoms with Gasteiger partial charge in [-0.1, -0.05) is 33.1 Å². The molecule has 0 aliphatic heterocycles. The number of carbonyl (C=O) groups is 1. The van der Waals surface area contributed by atoms with Gasteiger partial charge in [0, 0.05) is 11.3 Å². The molecule has 0 aromatic rings. The lowest BCUT2D eigenvalue weighted by atomic mass is 9.65. The molecule has 0 aromatic heterocycles. The van der Waals surface area contributed by atoms with Gasteiger partial charge in [0.2, 0.25) is 0 Å². The Hall–Kier alpha value is -0.370. The minimum Gasteiger partial charge on any atom is -0.390 e. The number of hydrogen-bond acceptors (Lipinski definition) is 2. The van der Waals surface area contributed by atoms with Crippen LogP contribution in [0.15, 0.2) is 0 Å². The molecule has 2 heteroatoms. The van der Waals surface area contributed by atoms with Gasteiger partial charge in [-0.25, -0.2) is 0 Å². The van der Waals surface area contributed by atoms with Crippen molar-refractivity contribution >= 4 is 5.78 Å². The van der Waals surface area contributed by atoms with Crippen LogP contribution < -0.4 is 0 Å². The van der Waals surface area contributed by atoms with Crippen molar-refractivity contribution in [3.63, 3.8) is 0 Å².